The van der Waals surface area contributed by atoms with E-state index in [1.54, 1.807) is 33.8 Å². The molecule has 8 nitrogen and oxygen atoms in total. The van der Waals surface area contributed by atoms with E-state index in [1.165, 1.54) is 0 Å². The molecule has 0 spiro atoms. The first kappa shape index (κ1) is 19.1. The summed E-state index contributed by atoms with van der Waals surface area (Å²) in [5, 5.41) is 15.1. The minimum absolute atomic E-state index is 0.0861. The Morgan fingerprint density at radius 1 is 1.14 bits per heavy atom. The molecule has 9 heteroatoms. The third kappa shape index (κ3) is 4.12. The summed E-state index contributed by atoms with van der Waals surface area (Å²) in [5.41, 5.74) is 2.68. The van der Waals surface area contributed by atoms with Crippen LogP contribution in [-0.2, 0) is 16.1 Å². The van der Waals surface area contributed by atoms with Gasteiger partial charge < -0.3 is 10.2 Å². The summed E-state index contributed by atoms with van der Waals surface area (Å²) >= 11 is 5.90. The summed E-state index contributed by atoms with van der Waals surface area (Å²) in [5.74, 6) is -0.201. The molecule has 1 unspecified atom stereocenters. The normalized spacial score (nSPS) is 16.3. The van der Waals surface area contributed by atoms with E-state index in [0.29, 0.717) is 17.4 Å². The van der Waals surface area contributed by atoms with E-state index in [4.69, 9.17) is 11.6 Å². The van der Waals surface area contributed by atoms with E-state index in [-0.39, 0.29) is 24.8 Å². The number of nitrogens with zero attached hydrogens (tertiary/aromatic N) is 5. The van der Waals surface area contributed by atoms with Gasteiger partial charge in [-0.2, -0.15) is 4.68 Å². The van der Waals surface area contributed by atoms with Gasteiger partial charge in [-0.3, -0.25) is 9.59 Å². The highest BCUT2D eigenvalue weighted by atomic mass is 35.5. The lowest BCUT2D eigenvalue weighted by atomic mass is 10.1. The Balaban J connectivity index is 1.40. The Kier molecular flexibility index (Phi) is 5.26. The molecule has 2 aromatic carbocycles. The van der Waals surface area contributed by atoms with Crippen LogP contribution in [0, 0.1) is 12.8 Å². The van der Waals surface area contributed by atoms with Gasteiger partial charge in [0.15, 0.2) is 5.82 Å². The van der Waals surface area contributed by atoms with Crippen LogP contribution >= 0.6 is 11.6 Å². The molecule has 1 N–H and O–H groups in total. The van der Waals surface area contributed by atoms with E-state index in [1.807, 2.05) is 31.2 Å². The fourth-order valence-corrected chi connectivity index (χ4v) is 3.39. The molecule has 0 radical (unpaired) electrons. The van der Waals surface area contributed by atoms with Crippen LogP contribution in [0.4, 0.5) is 5.69 Å². The number of hydrogen-bond donors (Lipinski definition) is 1. The number of aromatic nitrogens is 4. The lowest BCUT2D eigenvalue weighted by Gasteiger charge is -2.16. The molecule has 4 rings (SSSR count). The van der Waals surface area contributed by atoms with E-state index in [0.717, 1.165) is 16.9 Å². The number of carbonyl (C=O) groups excluding carboxylic acids is 2. The molecular weight excluding hydrogens is 392 g/mol. The van der Waals surface area contributed by atoms with E-state index in [9.17, 15) is 9.59 Å². The maximum atomic E-state index is 12.6. The van der Waals surface area contributed by atoms with Crippen LogP contribution in [-0.4, -0.2) is 38.6 Å². The first-order valence-corrected chi connectivity index (χ1v) is 9.57. The molecule has 2 amide bonds. The van der Waals surface area contributed by atoms with Gasteiger partial charge in [-0.25, -0.2) is 0 Å². The maximum absolute atomic E-state index is 12.6. The number of nitrogens with one attached hydrogen (secondary N) is 1. The molecule has 0 bridgehead atoms. The summed E-state index contributed by atoms with van der Waals surface area (Å²) in [4.78, 5) is 26.6. The number of tetrazole rings is 1. The second kappa shape index (κ2) is 8.00. The molecule has 0 saturated carbocycles. The van der Waals surface area contributed by atoms with Crippen LogP contribution in [0.25, 0.3) is 5.69 Å². The topological polar surface area (TPSA) is 93.0 Å². The average Bonchev–Trinajstić information content (AvgIpc) is 3.34. The summed E-state index contributed by atoms with van der Waals surface area (Å²) in [6.45, 7) is 2.50. The smallest absolute Gasteiger partial charge is 0.227 e. The van der Waals surface area contributed by atoms with Gasteiger partial charge >= 0.3 is 0 Å². The van der Waals surface area contributed by atoms with Crippen molar-refractivity contribution in [3.05, 3.63) is 64.9 Å². The number of aryl methyl sites for hydroxylation is 1. The molecule has 148 valence electrons. The molecule has 1 atom stereocenters. The van der Waals surface area contributed by atoms with Crippen molar-refractivity contribution < 1.29 is 9.59 Å². The van der Waals surface area contributed by atoms with Gasteiger partial charge in [0, 0.05) is 23.7 Å². The molecule has 1 aliphatic heterocycles. The number of benzene rings is 2. The first-order valence-electron chi connectivity index (χ1n) is 9.19. The Labute approximate surface area is 172 Å². The molecule has 1 saturated heterocycles. The van der Waals surface area contributed by atoms with Crippen molar-refractivity contribution in [2.24, 2.45) is 5.92 Å². The van der Waals surface area contributed by atoms with Crippen molar-refractivity contribution in [2.75, 3.05) is 11.4 Å². The second-order valence-corrected chi connectivity index (χ2v) is 7.38. The third-order valence-electron chi connectivity index (χ3n) is 4.87. The number of rotatable bonds is 5. The zero-order valence-electron chi connectivity index (χ0n) is 15.7. The van der Waals surface area contributed by atoms with Gasteiger partial charge in [0.05, 0.1) is 18.2 Å². The molecule has 2 heterocycles. The lowest BCUT2D eigenvalue weighted by molar-refractivity contribution is -0.126. The van der Waals surface area contributed by atoms with E-state index < -0.39 is 5.92 Å². The highest BCUT2D eigenvalue weighted by molar-refractivity contribution is 6.30. The van der Waals surface area contributed by atoms with Crippen molar-refractivity contribution in [2.45, 2.75) is 19.9 Å². The fourth-order valence-electron chi connectivity index (χ4n) is 3.27. The molecule has 1 aliphatic rings. The molecular formula is C20H19ClN6O2. The van der Waals surface area contributed by atoms with E-state index >= 15 is 0 Å². The minimum Gasteiger partial charge on any atom is -0.348 e. The summed E-state index contributed by atoms with van der Waals surface area (Å²) < 4.78 is 1.58. The second-order valence-electron chi connectivity index (χ2n) is 6.94. The van der Waals surface area contributed by atoms with Crippen molar-refractivity contribution in [3.8, 4) is 5.69 Å². The molecule has 29 heavy (non-hydrogen) atoms. The Bertz CT molecular complexity index is 1030. The number of carbonyl (C=O) groups is 2. The summed E-state index contributed by atoms with van der Waals surface area (Å²) in [6, 6.07) is 14.8. The van der Waals surface area contributed by atoms with Crippen molar-refractivity contribution in [3.63, 3.8) is 0 Å². The highest BCUT2D eigenvalue weighted by Gasteiger charge is 2.35. The third-order valence-corrected chi connectivity index (χ3v) is 5.12. The SMILES string of the molecule is Cc1ccc(-n2nnnc2CNC(=O)C2CC(=O)N(c3ccc(Cl)cc3)C2)cc1. The van der Waals surface area contributed by atoms with Gasteiger partial charge in [0.1, 0.15) is 0 Å². The zero-order chi connectivity index (χ0) is 20.4. The minimum atomic E-state index is -0.429. The van der Waals surface area contributed by atoms with Gasteiger partial charge in [-0.15, -0.1) is 5.10 Å². The Morgan fingerprint density at radius 3 is 2.55 bits per heavy atom. The van der Waals surface area contributed by atoms with Crippen LogP contribution in [0.5, 0.6) is 0 Å². The number of anilines is 1. The van der Waals surface area contributed by atoms with Crippen molar-refractivity contribution in [1.82, 2.24) is 25.5 Å². The Hall–Kier alpha value is -3.26. The predicted octanol–water partition coefficient (Wildman–Crippen LogP) is 2.29. The van der Waals surface area contributed by atoms with Gasteiger partial charge in [0.25, 0.3) is 0 Å². The lowest BCUT2D eigenvalue weighted by Crippen LogP contribution is -2.33. The molecule has 3 aromatic rings. The number of halogens is 1. The molecule has 1 aromatic heterocycles. The van der Waals surface area contributed by atoms with Gasteiger partial charge in [-0.1, -0.05) is 29.3 Å². The van der Waals surface area contributed by atoms with E-state index in [2.05, 4.69) is 20.8 Å². The maximum Gasteiger partial charge on any atom is 0.227 e. The molecule has 0 aliphatic carbocycles. The van der Waals surface area contributed by atoms with Crippen molar-refractivity contribution >= 4 is 29.1 Å². The van der Waals surface area contributed by atoms with Gasteiger partial charge in [0.2, 0.25) is 11.8 Å². The quantitative estimate of drug-likeness (QED) is 0.696. The molecule has 1 fully saturated rings. The zero-order valence-corrected chi connectivity index (χ0v) is 16.5. The summed E-state index contributed by atoms with van der Waals surface area (Å²) in [6.07, 6.45) is 0.164. The van der Waals surface area contributed by atoms with Crippen LogP contribution in [0.15, 0.2) is 48.5 Å². The fraction of sp³-hybridized carbons (Fsp3) is 0.250. The first-order chi connectivity index (χ1) is 14.0. The highest BCUT2D eigenvalue weighted by Crippen LogP contribution is 2.26. The van der Waals surface area contributed by atoms with Gasteiger partial charge in [-0.05, 0) is 53.7 Å². The van der Waals surface area contributed by atoms with Crippen molar-refractivity contribution in [1.29, 1.82) is 0 Å². The standard InChI is InChI=1S/C20H19ClN6O2/c1-13-2-6-17(7-3-13)27-18(23-24-25-27)11-22-20(29)14-10-19(28)26(12-14)16-8-4-15(21)5-9-16/h2-9,14H,10-12H2,1H3,(H,22,29). The monoisotopic (exact) mass is 410 g/mol. The Morgan fingerprint density at radius 2 is 1.83 bits per heavy atom. The largest absolute Gasteiger partial charge is 0.348 e. The van der Waals surface area contributed by atoms with Crippen LogP contribution in [0.1, 0.15) is 17.8 Å². The number of hydrogen-bond acceptors (Lipinski definition) is 5. The predicted molar refractivity (Wildman–Crippen MR) is 108 cm³/mol. The number of amides is 2. The van der Waals surface area contributed by atoms with Crippen LogP contribution in [0.3, 0.4) is 0 Å². The van der Waals surface area contributed by atoms with Crippen LogP contribution in [0.2, 0.25) is 5.02 Å². The summed E-state index contributed by atoms with van der Waals surface area (Å²) in [7, 11) is 0. The average molecular weight is 411 g/mol. The van der Waals surface area contributed by atoms with Crippen LogP contribution < -0.4 is 10.2 Å².